The van der Waals surface area contributed by atoms with Crippen molar-refractivity contribution in [1.29, 1.82) is 0 Å². The molecule has 2 aromatic rings. The van der Waals surface area contributed by atoms with E-state index in [0.29, 0.717) is 5.76 Å². The molecule has 0 spiro atoms. The van der Waals surface area contributed by atoms with Crippen LogP contribution in [0.15, 0.2) is 16.8 Å². The molecule has 0 radical (unpaired) electrons. The SMILES string of the molecule is COCC(=O)N1CCCCC1c1nn(C)cc1-c1cc(C)no1. The van der Waals surface area contributed by atoms with Crippen LogP contribution in [0, 0.1) is 6.92 Å². The van der Waals surface area contributed by atoms with Crippen molar-refractivity contribution in [2.75, 3.05) is 20.3 Å². The minimum atomic E-state index is -0.0481. The molecular formula is C16H22N4O3. The Morgan fingerprint density at radius 1 is 1.48 bits per heavy atom. The van der Waals surface area contributed by atoms with Crippen LogP contribution in [-0.4, -0.2) is 46.0 Å². The zero-order valence-electron chi connectivity index (χ0n) is 13.8. The van der Waals surface area contributed by atoms with Gasteiger partial charge in [-0.25, -0.2) is 0 Å². The topological polar surface area (TPSA) is 73.4 Å². The maximum Gasteiger partial charge on any atom is 0.249 e. The molecule has 1 aliphatic rings. The Morgan fingerprint density at radius 3 is 3.00 bits per heavy atom. The predicted molar refractivity (Wildman–Crippen MR) is 83.6 cm³/mol. The van der Waals surface area contributed by atoms with Crippen LogP contribution >= 0.6 is 0 Å². The van der Waals surface area contributed by atoms with E-state index >= 15 is 0 Å². The molecule has 124 valence electrons. The Morgan fingerprint density at radius 2 is 2.30 bits per heavy atom. The molecule has 3 rings (SSSR count). The van der Waals surface area contributed by atoms with Crippen molar-refractivity contribution < 1.29 is 14.1 Å². The van der Waals surface area contributed by atoms with Gasteiger partial charge in [-0.2, -0.15) is 5.10 Å². The van der Waals surface area contributed by atoms with Gasteiger partial charge in [0.1, 0.15) is 6.61 Å². The van der Waals surface area contributed by atoms with Crippen molar-refractivity contribution in [3.63, 3.8) is 0 Å². The van der Waals surface area contributed by atoms with Gasteiger partial charge in [0, 0.05) is 33.0 Å². The van der Waals surface area contributed by atoms with E-state index in [-0.39, 0.29) is 18.6 Å². The van der Waals surface area contributed by atoms with E-state index in [9.17, 15) is 4.79 Å². The molecule has 3 heterocycles. The standard InChI is InChI=1S/C16H22N4O3/c1-11-8-14(23-18-11)12-9-19(2)17-16(12)13-6-4-5-7-20(13)15(21)10-22-3/h8-9,13H,4-7,10H2,1-3H3. The predicted octanol–water partition coefficient (Wildman–Crippen LogP) is 2.08. The fraction of sp³-hybridized carbons (Fsp3) is 0.562. The summed E-state index contributed by atoms with van der Waals surface area (Å²) >= 11 is 0. The van der Waals surface area contributed by atoms with Crippen molar-refractivity contribution in [2.45, 2.75) is 32.2 Å². The molecule has 1 aliphatic heterocycles. The van der Waals surface area contributed by atoms with E-state index in [4.69, 9.17) is 9.26 Å². The third-order valence-corrected chi connectivity index (χ3v) is 4.16. The Balaban J connectivity index is 1.97. The zero-order chi connectivity index (χ0) is 16.4. The number of hydrogen-bond acceptors (Lipinski definition) is 5. The monoisotopic (exact) mass is 318 g/mol. The molecule has 1 unspecified atom stereocenters. The molecule has 1 fully saturated rings. The Bertz CT molecular complexity index is 691. The quantitative estimate of drug-likeness (QED) is 0.863. The van der Waals surface area contributed by atoms with Crippen molar-refractivity contribution >= 4 is 5.91 Å². The zero-order valence-corrected chi connectivity index (χ0v) is 13.8. The number of aryl methyl sites for hydroxylation is 2. The molecule has 0 saturated carbocycles. The third-order valence-electron chi connectivity index (χ3n) is 4.16. The lowest BCUT2D eigenvalue weighted by molar-refractivity contribution is -0.139. The molecule has 0 aliphatic carbocycles. The van der Waals surface area contributed by atoms with E-state index in [1.807, 2.05) is 31.1 Å². The molecule has 7 heteroatoms. The molecule has 1 amide bonds. The maximum atomic E-state index is 12.4. The number of rotatable bonds is 4. The Hall–Kier alpha value is -2.15. The number of hydrogen-bond donors (Lipinski definition) is 0. The van der Waals surface area contributed by atoms with Crippen molar-refractivity contribution in [1.82, 2.24) is 19.8 Å². The fourth-order valence-corrected chi connectivity index (χ4v) is 3.15. The van der Waals surface area contributed by atoms with E-state index in [2.05, 4.69) is 10.3 Å². The van der Waals surface area contributed by atoms with Gasteiger partial charge in [0.2, 0.25) is 5.91 Å². The van der Waals surface area contributed by atoms with E-state index in [0.717, 1.165) is 42.8 Å². The number of nitrogens with zero attached hydrogens (tertiary/aromatic N) is 4. The first-order valence-electron chi connectivity index (χ1n) is 7.85. The second-order valence-corrected chi connectivity index (χ2v) is 5.97. The lowest BCUT2D eigenvalue weighted by atomic mass is 9.96. The second kappa shape index (κ2) is 6.54. The average molecular weight is 318 g/mol. The van der Waals surface area contributed by atoms with Crippen LogP contribution in [0.3, 0.4) is 0 Å². The van der Waals surface area contributed by atoms with Gasteiger partial charge in [-0.1, -0.05) is 5.16 Å². The Labute approximate surface area is 135 Å². The summed E-state index contributed by atoms with van der Waals surface area (Å²) in [5.74, 6) is 0.692. The highest BCUT2D eigenvalue weighted by molar-refractivity contribution is 5.78. The smallest absolute Gasteiger partial charge is 0.249 e. The summed E-state index contributed by atoms with van der Waals surface area (Å²) in [4.78, 5) is 14.2. The summed E-state index contributed by atoms with van der Waals surface area (Å²) in [5.41, 5.74) is 2.59. The second-order valence-electron chi connectivity index (χ2n) is 5.97. The summed E-state index contributed by atoms with van der Waals surface area (Å²) in [6.45, 7) is 2.72. The van der Waals surface area contributed by atoms with E-state index < -0.39 is 0 Å². The lowest BCUT2D eigenvalue weighted by Crippen LogP contribution is -2.40. The van der Waals surface area contributed by atoms with Crippen molar-refractivity contribution in [2.24, 2.45) is 7.05 Å². The van der Waals surface area contributed by atoms with Crippen LogP contribution in [0.1, 0.15) is 36.7 Å². The summed E-state index contributed by atoms with van der Waals surface area (Å²) in [6.07, 6.45) is 4.90. The van der Waals surface area contributed by atoms with Gasteiger partial charge in [-0.05, 0) is 26.2 Å². The van der Waals surface area contributed by atoms with Gasteiger partial charge < -0.3 is 14.2 Å². The normalized spacial score (nSPS) is 18.4. The van der Waals surface area contributed by atoms with Crippen molar-refractivity contribution in [3.8, 4) is 11.3 Å². The number of aromatic nitrogens is 3. The van der Waals surface area contributed by atoms with Crippen molar-refractivity contribution in [3.05, 3.63) is 23.7 Å². The first-order valence-corrected chi connectivity index (χ1v) is 7.85. The minimum Gasteiger partial charge on any atom is -0.375 e. The number of piperidine rings is 1. The summed E-state index contributed by atoms with van der Waals surface area (Å²) < 4.78 is 12.2. The molecule has 0 N–H and O–H groups in total. The number of carbonyl (C=O) groups is 1. The molecule has 1 atom stereocenters. The summed E-state index contributed by atoms with van der Waals surface area (Å²) in [6, 6.07) is 1.85. The highest BCUT2D eigenvalue weighted by Gasteiger charge is 2.32. The van der Waals surface area contributed by atoms with Gasteiger partial charge in [-0.3, -0.25) is 9.48 Å². The molecule has 0 aromatic carbocycles. The van der Waals surface area contributed by atoms with Crippen LogP contribution in [0.4, 0.5) is 0 Å². The van der Waals surface area contributed by atoms with Gasteiger partial charge in [0.05, 0.1) is 23.0 Å². The minimum absolute atomic E-state index is 0.00236. The van der Waals surface area contributed by atoms with Crippen LogP contribution in [0.5, 0.6) is 0 Å². The van der Waals surface area contributed by atoms with E-state index in [1.54, 1.807) is 11.8 Å². The fourth-order valence-electron chi connectivity index (χ4n) is 3.15. The van der Waals surface area contributed by atoms with Gasteiger partial charge in [0.15, 0.2) is 5.76 Å². The Kier molecular flexibility index (Phi) is 4.47. The molecule has 7 nitrogen and oxygen atoms in total. The number of methoxy groups -OCH3 is 1. The maximum absolute atomic E-state index is 12.4. The number of likely N-dealkylation sites (tertiary alicyclic amines) is 1. The van der Waals surface area contributed by atoms with E-state index in [1.165, 1.54) is 0 Å². The molecular weight excluding hydrogens is 296 g/mol. The lowest BCUT2D eigenvalue weighted by Gasteiger charge is -2.35. The van der Waals surface area contributed by atoms with Gasteiger partial charge >= 0.3 is 0 Å². The molecule has 1 saturated heterocycles. The van der Waals surface area contributed by atoms with Crippen LogP contribution < -0.4 is 0 Å². The van der Waals surface area contributed by atoms with Gasteiger partial charge in [0.25, 0.3) is 0 Å². The largest absolute Gasteiger partial charge is 0.375 e. The van der Waals surface area contributed by atoms with Crippen LogP contribution in [0.2, 0.25) is 0 Å². The first-order chi connectivity index (χ1) is 11.1. The number of carbonyl (C=O) groups excluding carboxylic acids is 1. The summed E-state index contributed by atoms with van der Waals surface area (Å²) in [5, 5.41) is 8.57. The van der Waals surface area contributed by atoms with Gasteiger partial charge in [-0.15, -0.1) is 0 Å². The molecule has 2 aromatic heterocycles. The number of ether oxygens (including phenoxy) is 1. The number of amides is 1. The van der Waals surface area contributed by atoms with Crippen LogP contribution in [-0.2, 0) is 16.6 Å². The highest BCUT2D eigenvalue weighted by atomic mass is 16.5. The summed E-state index contributed by atoms with van der Waals surface area (Å²) in [7, 11) is 3.42. The van der Waals surface area contributed by atoms with Crippen LogP contribution in [0.25, 0.3) is 11.3 Å². The highest BCUT2D eigenvalue weighted by Crippen LogP contribution is 2.36. The molecule has 23 heavy (non-hydrogen) atoms. The molecule has 0 bridgehead atoms. The first kappa shape index (κ1) is 15.7. The average Bonchev–Trinajstić information content (AvgIpc) is 3.13. The third kappa shape index (κ3) is 3.14.